The van der Waals surface area contributed by atoms with E-state index in [1.165, 1.54) is 23.5 Å². The molecule has 0 spiro atoms. The Morgan fingerprint density at radius 1 is 1.42 bits per heavy atom. The number of aryl methyl sites for hydroxylation is 1. The molecule has 19 heavy (non-hydrogen) atoms. The van der Waals surface area contributed by atoms with E-state index in [9.17, 15) is 9.18 Å². The van der Waals surface area contributed by atoms with Gasteiger partial charge in [-0.3, -0.25) is 9.20 Å². The summed E-state index contributed by atoms with van der Waals surface area (Å²) < 4.78 is 14.8. The molecule has 0 bridgehead atoms. The van der Waals surface area contributed by atoms with E-state index in [0.717, 1.165) is 9.84 Å². The van der Waals surface area contributed by atoms with Crippen molar-refractivity contribution in [3.8, 4) is 0 Å². The number of hydrogen-bond donors (Lipinski definition) is 1. The molecule has 2 aromatic heterocycles. The Balaban J connectivity index is 1.85. The number of carbonyl (C=O) groups excluding carboxylic acids is 1. The molecule has 0 aliphatic heterocycles. The first kappa shape index (κ1) is 11.9. The number of amides is 1. The minimum atomic E-state index is -0.390. The van der Waals surface area contributed by atoms with Crippen LogP contribution in [0.25, 0.3) is 4.96 Å². The Hall–Kier alpha value is -2.21. The number of imidazole rings is 1. The molecule has 0 aliphatic rings. The van der Waals surface area contributed by atoms with Crippen molar-refractivity contribution in [2.24, 2.45) is 0 Å². The van der Waals surface area contributed by atoms with Crippen molar-refractivity contribution < 1.29 is 9.18 Å². The van der Waals surface area contributed by atoms with Gasteiger partial charge in [0.15, 0.2) is 4.96 Å². The van der Waals surface area contributed by atoms with Gasteiger partial charge in [-0.25, -0.2) is 9.37 Å². The summed E-state index contributed by atoms with van der Waals surface area (Å²) >= 11 is 1.51. The highest BCUT2D eigenvalue weighted by molar-refractivity contribution is 7.17. The van der Waals surface area contributed by atoms with Gasteiger partial charge in [-0.2, -0.15) is 0 Å². The molecule has 6 heteroatoms. The van der Waals surface area contributed by atoms with Crippen LogP contribution >= 0.6 is 11.3 Å². The lowest BCUT2D eigenvalue weighted by molar-refractivity contribution is 0.102. The van der Waals surface area contributed by atoms with Crippen molar-refractivity contribution >= 4 is 27.9 Å². The largest absolute Gasteiger partial charge is 0.321 e. The fourth-order valence-corrected chi connectivity index (χ4v) is 2.59. The van der Waals surface area contributed by atoms with Crippen LogP contribution in [0.15, 0.2) is 36.7 Å². The quantitative estimate of drug-likeness (QED) is 0.781. The predicted molar refractivity (Wildman–Crippen MR) is 72.2 cm³/mol. The zero-order chi connectivity index (χ0) is 13.4. The molecule has 96 valence electrons. The fraction of sp³-hybridized carbons (Fsp3) is 0.0769. The SMILES string of the molecule is Cc1cn2cc(C(=O)Nc3cccc(F)c3)nc2s1. The van der Waals surface area contributed by atoms with Crippen LogP contribution in [0, 0.1) is 12.7 Å². The van der Waals surface area contributed by atoms with Gasteiger partial charge in [0.25, 0.3) is 5.91 Å². The summed E-state index contributed by atoms with van der Waals surface area (Å²) in [6.45, 7) is 1.98. The third-order valence-corrected chi connectivity index (χ3v) is 3.50. The van der Waals surface area contributed by atoms with Crippen molar-refractivity contribution in [1.29, 1.82) is 0 Å². The molecule has 0 radical (unpaired) electrons. The molecule has 0 fully saturated rings. The van der Waals surface area contributed by atoms with E-state index < -0.39 is 0 Å². The number of carbonyl (C=O) groups is 1. The van der Waals surface area contributed by atoms with Crippen molar-refractivity contribution in [2.75, 3.05) is 5.32 Å². The zero-order valence-corrected chi connectivity index (χ0v) is 10.9. The Morgan fingerprint density at radius 2 is 2.26 bits per heavy atom. The molecule has 3 rings (SSSR count). The standard InChI is InChI=1S/C13H10FN3OS/c1-8-6-17-7-11(16-13(17)19-8)12(18)15-10-4-2-3-9(14)5-10/h2-7H,1H3,(H,15,18). The number of hydrogen-bond acceptors (Lipinski definition) is 3. The zero-order valence-electron chi connectivity index (χ0n) is 10.1. The van der Waals surface area contributed by atoms with E-state index >= 15 is 0 Å². The third kappa shape index (κ3) is 2.34. The molecule has 3 aromatic rings. The second-order valence-electron chi connectivity index (χ2n) is 4.12. The molecule has 0 unspecified atom stereocenters. The normalized spacial score (nSPS) is 10.8. The molecule has 1 aromatic carbocycles. The van der Waals surface area contributed by atoms with Gasteiger partial charge >= 0.3 is 0 Å². The number of anilines is 1. The lowest BCUT2D eigenvalue weighted by atomic mass is 10.3. The van der Waals surface area contributed by atoms with E-state index in [0.29, 0.717) is 11.4 Å². The van der Waals surface area contributed by atoms with Crippen molar-refractivity contribution in [2.45, 2.75) is 6.92 Å². The van der Waals surface area contributed by atoms with Crippen LogP contribution < -0.4 is 5.32 Å². The molecule has 0 atom stereocenters. The number of halogens is 1. The number of nitrogens with one attached hydrogen (secondary N) is 1. The summed E-state index contributed by atoms with van der Waals surface area (Å²) in [5.41, 5.74) is 0.730. The van der Waals surface area contributed by atoms with E-state index in [2.05, 4.69) is 10.3 Å². The fourth-order valence-electron chi connectivity index (χ4n) is 1.78. The highest BCUT2D eigenvalue weighted by Gasteiger charge is 2.12. The van der Waals surface area contributed by atoms with E-state index in [4.69, 9.17) is 0 Å². The Kier molecular flexibility index (Phi) is 2.79. The predicted octanol–water partition coefficient (Wildman–Crippen LogP) is 3.10. The van der Waals surface area contributed by atoms with Crippen LogP contribution in [0.5, 0.6) is 0 Å². The van der Waals surface area contributed by atoms with Gasteiger partial charge < -0.3 is 5.32 Å². The monoisotopic (exact) mass is 275 g/mol. The van der Waals surface area contributed by atoms with Crippen LogP contribution in [-0.4, -0.2) is 15.3 Å². The summed E-state index contributed by atoms with van der Waals surface area (Å²) in [6.07, 6.45) is 3.57. The average molecular weight is 275 g/mol. The van der Waals surface area contributed by atoms with Gasteiger partial charge in [0.05, 0.1) is 0 Å². The maximum atomic E-state index is 13.0. The van der Waals surface area contributed by atoms with Crippen LogP contribution in [0.4, 0.5) is 10.1 Å². The first-order chi connectivity index (χ1) is 9.11. The maximum absolute atomic E-state index is 13.0. The van der Waals surface area contributed by atoms with Crippen molar-refractivity contribution in [1.82, 2.24) is 9.38 Å². The Bertz CT molecular complexity index is 731. The second-order valence-corrected chi connectivity index (χ2v) is 5.34. The van der Waals surface area contributed by atoms with Gasteiger partial charge in [0.2, 0.25) is 0 Å². The topological polar surface area (TPSA) is 46.4 Å². The summed E-state index contributed by atoms with van der Waals surface area (Å²) in [5.74, 6) is -0.738. The van der Waals surface area contributed by atoms with Gasteiger partial charge in [-0.1, -0.05) is 6.07 Å². The maximum Gasteiger partial charge on any atom is 0.275 e. The minimum absolute atomic E-state index is 0.315. The summed E-state index contributed by atoms with van der Waals surface area (Å²) in [5, 5.41) is 2.61. The van der Waals surface area contributed by atoms with Gasteiger partial charge in [0, 0.05) is 23.0 Å². The molecule has 4 nitrogen and oxygen atoms in total. The lowest BCUT2D eigenvalue weighted by Crippen LogP contribution is -2.12. The van der Waals surface area contributed by atoms with E-state index in [1.807, 2.05) is 13.1 Å². The Morgan fingerprint density at radius 3 is 3.00 bits per heavy atom. The van der Waals surface area contributed by atoms with Gasteiger partial charge in [-0.05, 0) is 25.1 Å². The lowest BCUT2D eigenvalue weighted by Gasteiger charge is -2.02. The summed E-state index contributed by atoms with van der Waals surface area (Å²) in [6, 6.07) is 5.76. The third-order valence-electron chi connectivity index (χ3n) is 2.59. The first-order valence-corrected chi connectivity index (χ1v) is 6.45. The van der Waals surface area contributed by atoms with Crippen LogP contribution in [0.3, 0.4) is 0 Å². The highest BCUT2D eigenvalue weighted by atomic mass is 32.1. The number of thiazole rings is 1. The van der Waals surface area contributed by atoms with Crippen LogP contribution in [0.2, 0.25) is 0 Å². The average Bonchev–Trinajstić information content (AvgIpc) is 2.86. The molecule has 0 saturated heterocycles. The molecular weight excluding hydrogens is 265 g/mol. The van der Waals surface area contributed by atoms with Crippen LogP contribution in [-0.2, 0) is 0 Å². The number of rotatable bonds is 2. The molecule has 0 aliphatic carbocycles. The minimum Gasteiger partial charge on any atom is -0.321 e. The van der Waals surface area contributed by atoms with Gasteiger partial charge in [-0.15, -0.1) is 11.3 Å². The molecule has 1 amide bonds. The summed E-state index contributed by atoms with van der Waals surface area (Å²) in [4.78, 5) is 18.1. The number of fused-ring (bicyclic) bond motifs is 1. The smallest absolute Gasteiger partial charge is 0.275 e. The number of aromatic nitrogens is 2. The first-order valence-electron chi connectivity index (χ1n) is 5.64. The van der Waals surface area contributed by atoms with Crippen molar-refractivity contribution in [3.63, 3.8) is 0 Å². The molecule has 2 heterocycles. The molecule has 0 saturated carbocycles. The highest BCUT2D eigenvalue weighted by Crippen LogP contribution is 2.17. The second kappa shape index (κ2) is 4.47. The number of nitrogens with zero attached hydrogens (tertiary/aromatic N) is 2. The summed E-state index contributed by atoms with van der Waals surface area (Å²) in [7, 11) is 0. The Labute approximate surface area is 112 Å². The van der Waals surface area contributed by atoms with E-state index in [1.54, 1.807) is 22.7 Å². The van der Waals surface area contributed by atoms with Crippen molar-refractivity contribution in [3.05, 3.63) is 53.0 Å². The molecule has 1 N–H and O–H groups in total. The van der Waals surface area contributed by atoms with Gasteiger partial charge in [0.1, 0.15) is 11.5 Å². The van der Waals surface area contributed by atoms with E-state index in [-0.39, 0.29) is 11.7 Å². The van der Waals surface area contributed by atoms with Crippen LogP contribution in [0.1, 0.15) is 15.4 Å². The number of benzene rings is 1. The molecular formula is C13H10FN3OS.